The lowest BCUT2D eigenvalue weighted by Gasteiger charge is -2.06. The van der Waals surface area contributed by atoms with Crippen molar-refractivity contribution in [1.29, 1.82) is 0 Å². The number of halogens is 2. The molecule has 0 saturated heterocycles. The average Bonchev–Trinajstić information content (AvgIpc) is 2.92. The monoisotopic (exact) mass is 349 g/mol. The van der Waals surface area contributed by atoms with Crippen LogP contribution in [0.25, 0.3) is 0 Å². The van der Waals surface area contributed by atoms with E-state index in [1.807, 2.05) is 0 Å². The zero-order chi connectivity index (χ0) is 14.9. The molecule has 2 heterocycles. The summed E-state index contributed by atoms with van der Waals surface area (Å²) in [6, 6.07) is 1.49. The van der Waals surface area contributed by atoms with E-state index in [2.05, 4.69) is 10.1 Å². The number of aryl methyl sites for hydroxylation is 1. The van der Waals surface area contributed by atoms with Crippen molar-refractivity contribution in [2.24, 2.45) is 0 Å². The van der Waals surface area contributed by atoms with E-state index >= 15 is 0 Å². The molecular weight excluding hydrogens is 341 g/mol. The molecule has 0 aliphatic rings. The summed E-state index contributed by atoms with van der Waals surface area (Å²) in [5.41, 5.74) is 1.49. The minimum absolute atomic E-state index is 0.281. The smallest absolute Gasteiger partial charge is 0.350 e. The highest BCUT2D eigenvalue weighted by atomic mass is 35.5. The molecule has 2 aromatic rings. The molecule has 0 aliphatic carbocycles. The van der Waals surface area contributed by atoms with E-state index in [4.69, 9.17) is 23.2 Å². The van der Waals surface area contributed by atoms with E-state index in [0.717, 1.165) is 16.9 Å². The Bertz CT molecular complexity index is 678. The quantitative estimate of drug-likeness (QED) is 0.832. The van der Waals surface area contributed by atoms with Gasteiger partial charge in [0.25, 0.3) is 5.91 Å². The number of esters is 1. The van der Waals surface area contributed by atoms with Crippen LogP contribution in [0.4, 0.5) is 5.69 Å². The number of hydrogen-bond donors (Lipinski definition) is 1. The lowest BCUT2D eigenvalue weighted by Crippen LogP contribution is -2.14. The molecular formula is C12H9Cl2NO3S2. The maximum atomic E-state index is 12.2. The van der Waals surface area contributed by atoms with Gasteiger partial charge in [0, 0.05) is 0 Å². The first-order chi connectivity index (χ1) is 9.43. The molecule has 0 aromatic carbocycles. The fraction of sp³-hybridized carbons (Fsp3) is 0.167. The van der Waals surface area contributed by atoms with E-state index in [-0.39, 0.29) is 5.56 Å². The van der Waals surface area contributed by atoms with Gasteiger partial charge in [0.2, 0.25) is 0 Å². The maximum Gasteiger partial charge on any atom is 0.350 e. The highest BCUT2D eigenvalue weighted by Gasteiger charge is 2.21. The third-order valence-corrected chi connectivity index (χ3v) is 5.05. The SMILES string of the molecule is COC(=O)c1scc(C)c1NC(=O)c1cc(Cl)sc1Cl. The summed E-state index contributed by atoms with van der Waals surface area (Å²) in [5, 5.41) is 4.45. The Labute approximate surface area is 133 Å². The zero-order valence-electron chi connectivity index (χ0n) is 10.5. The third-order valence-electron chi connectivity index (χ3n) is 2.49. The molecule has 2 rings (SSSR count). The molecule has 0 bridgehead atoms. The molecule has 1 amide bonds. The first-order valence-corrected chi connectivity index (χ1v) is 7.81. The number of carbonyl (C=O) groups excluding carboxylic acids is 2. The first-order valence-electron chi connectivity index (χ1n) is 5.36. The first kappa shape index (κ1) is 15.3. The van der Waals surface area contributed by atoms with Gasteiger partial charge < -0.3 is 10.1 Å². The number of methoxy groups -OCH3 is 1. The summed E-state index contributed by atoms with van der Waals surface area (Å²) in [4.78, 5) is 24.1. The minimum atomic E-state index is -0.493. The van der Waals surface area contributed by atoms with Gasteiger partial charge in [0.1, 0.15) is 9.21 Å². The molecule has 0 unspecified atom stereocenters. The Balaban J connectivity index is 2.30. The van der Waals surface area contributed by atoms with E-state index in [0.29, 0.717) is 19.2 Å². The molecule has 0 saturated carbocycles. The standard InChI is InChI=1S/C12H9Cl2NO3S2/c1-5-4-19-9(12(17)18-2)8(5)15-11(16)6-3-7(13)20-10(6)14/h3-4H,1-2H3,(H,15,16). The molecule has 106 valence electrons. The largest absolute Gasteiger partial charge is 0.465 e. The van der Waals surface area contributed by atoms with Crippen molar-refractivity contribution in [2.75, 3.05) is 12.4 Å². The fourth-order valence-electron chi connectivity index (χ4n) is 1.52. The summed E-state index contributed by atoms with van der Waals surface area (Å²) in [6.07, 6.45) is 0. The Morgan fingerprint density at radius 2 is 2.05 bits per heavy atom. The van der Waals surface area contributed by atoms with E-state index < -0.39 is 11.9 Å². The highest BCUT2D eigenvalue weighted by molar-refractivity contribution is 7.20. The van der Waals surface area contributed by atoms with Crippen LogP contribution in [0.1, 0.15) is 25.6 Å². The van der Waals surface area contributed by atoms with Crippen molar-refractivity contribution >= 4 is 63.4 Å². The summed E-state index contributed by atoms with van der Waals surface area (Å²) in [7, 11) is 1.29. The number of nitrogens with one attached hydrogen (secondary N) is 1. The Morgan fingerprint density at radius 1 is 1.35 bits per heavy atom. The lowest BCUT2D eigenvalue weighted by atomic mass is 10.2. The molecule has 0 radical (unpaired) electrons. The van der Waals surface area contributed by atoms with Gasteiger partial charge in [-0.15, -0.1) is 22.7 Å². The number of rotatable bonds is 3. The predicted molar refractivity (Wildman–Crippen MR) is 82.7 cm³/mol. The van der Waals surface area contributed by atoms with Crippen LogP contribution in [0, 0.1) is 6.92 Å². The van der Waals surface area contributed by atoms with Crippen LogP contribution < -0.4 is 5.32 Å². The molecule has 1 N–H and O–H groups in total. The lowest BCUT2D eigenvalue weighted by molar-refractivity contribution is 0.0607. The highest BCUT2D eigenvalue weighted by Crippen LogP contribution is 2.33. The molecule has 2 aromatic heterocycles. The van der Waals surface area contributed by atoms with Gasteiger partial charge in [0.05, 0.1) is 22.7 Å². The minimum Gasteiger partial charge on any atom is -0.465 e. The van der Waals surface area contributed by atoms with Crippen LogP contribution >= 0.6 is 45.9 Å². The second-order valence-electron chi connectivity index (χ2n) is 3.81. The van der Waals surface area contributed by atoms with Gasteiger partial charge in [-0.1, -0.05) is 23.2 Å². The topological polar surface area (TPSA) is 55.4 Å². The summed E-state index contributed by atoms with van der Waals surface area (Å²) in [5.74, 6) is -0.905. The number of amides is 1. The number of ether oxygens (including phenoxy) is 1. The second kappa shape index (κ2) is 6.13. The van der Waals surface area contributed by atoms with Crippen molar-refractivity contribution in [3.63, 3.8) is 0 Å². The second-order valence-corrected chi connectivity index (χ2v) is 6.97. The zero-order valence-corrected chi connectivity index (χ0v) is 13.6. The molecule has 0 atom stereocenters. The molecule has 8 heteroatoms. The number of anilines is 1. The van der Waals surface area contributed by atoms with Crippen LogP contribution in [0.15, 0.2) is 11.4 Å². The molecule has 0 spiro atoms. The molecule has 20 heavy (non-hydrogen) atoms. The van der Waals surface area contributed by atoms with Gasteiger partial charge >= 0.3 is 5.97 Å². The van der Waals surface area contributed by atoms with Crippen molar-refractivity contribution in [2.45, 2.75) is 6.92 Å². The van der Waals surface area contributed by atoms with Crippen molar-refractivity contribution in [1.82, 2.24) is 0 Å². The van der Waals surface area contributed by atoms with E-state index in [1.165, 1.54) is 24.5 Å². The van der Waals surface area contributed by atoms with Crippen LogP contribution in [0.5, 0.6) is 0 Å². The Hall–Kier alpha value is -1.08. The van der Waals surface area contributed by atoms with Crippen molar-refractivity contribution < 1.29 is 14.3 Å². The van der Waals surface area contributed by atoms with E-state index in [9.17, 15) is 9.59 Å². The number of thiophene rings is 2. The van der Waals surface area contributed by atoms with E-state index in [1.54, 1.807) is 12.3 Å². The molecule has 0 aliphatic heterocycles. The predicted octanol–water partition coefficient (Wildman–Crippen LogP) is 4.46. The van der Waals surface area contributed by atoms with Crippen LogP contribution in [0.2, 0.25) is 8.67 Å². The van der Waals surface area contributed by atoms with Crippen LogP contribution in [-0.2, 0) is 4.74 Å². The Kier molecular flexibility index (Phi) is 4.70. The third kappa shape index (κ3) is 2.98. The number of carbonyl (C=O) groups is 2. The maximum absolute atomic E-state index is 12.2. The van der Waals surface area contributed by atoms with Gasteiger partial charge in [0.15, 0.2) is 0 Å². The van der Waals surface area contributed by atoms with Gasteiger partial charge in [-0.25, -0.2) is 4.79 Å². The number of hydrogen-bond acceptors (Lipinski definition) is 5. The van der Waals surface area contributed by atoms with Crippen molar-refractivity contribution in [3.05, 3.63) is 36.1 Å². The van der Waals surface area contributed by atoms with Crippen molar-refractivity contribution in [3.8, 4) is 0 Å². The van der Waals surface area contributed by atoms with Gasteiger partial charge in [-0.3, -0.25) is 4.79 Å². The summed E-state index contributed by atoms with van der Waals surface area (Å²) >= 11 is 14.1. The molecule has 0 fully saturated rings. The normalized spacial score (nSPS) is 10.4. The Morgan fingerprint density at radius 3 is 2.60 bits per heavy atom. The van der Waals surface area contributed by atoms with Gasteiger partial charge in [-0.2, -0.15) is 0 Å². The average molecular weight is 350 g/mol. The summed E-state index contributed by atoms with van der Waals surface area (Å²) < 4.78 is 5.41. The fourth-order valence-corrected chi connectivity index (χ4v) is 3.90. The van der Waals surface area contributed by atoms with Crippen LogP contribution in [-0.4, -0.2) is 19.0 Å². The summed E-state index contributed by atoms with van der Waals surface area (Å²) in [6.45, 7) is 1.79. The molecule has 4 nitrogen and oxygen atoms in total. The van der Waals surface area contributed by atoms with Crippen LogP contribution in [0.3, 0.4) is 0 Å². The van der Waals surface area contributed by atoms with Gasteiger partial charge in [-0.05, 0) is 23.9 Å².